The number of aromatic nitrogens is 1. The topological polar surface area (TPSA) is 52.0 Å². The molecule has 1 aromatic carbocycles. The second-order valence-corrected chi connectivity index (χ2v) is 4.74. The standard InChI is InChI=1S/C10H8ClIN2O/c1-5-2-6(4-7(11)3-5)9-8(12)10(13)14-15-9/h2-4H,1H3,(H2,13,14). The van der Waals surface area contributed by atoms with Crippen LogP contribution < -0.4 is 5.73 Å². The van der Waals surface area contributed by atoms with Crippen molar-refractivity contribution in [1.82, 2.24) is 5.16 Å². The van der Waals surface area contributed by atoms with E-state index in [1.54, 1.807) is 0 Å². The SMILES string of the molecule is Cc1cc(Cl)cc(-c2onc(N)c2I)c1. The Morgan fingerprint density at radius 2 is 2.13 bits per heavy atom. The highest BCUT2D eigenvalue weighted by atomic mass is 127. The molecule has 2 aromatic rings. The van der Waals surface area contributed by atoms with Gasteiger partial charge in [-0.3, -0.25) is 0 Å². The molecule has 0 radical (unpaired) electrons. The second kappa shape index (κ2) is 4.02. The normalized spacial score (nSPS) is 10.6. The predicted octanol–water partition coefficient (Wildman–Crippen LogP) is 3.49. The van der Waals surface area contributed by atoms with Gasteiger partial charge in [0.2, 0.25) is 0 Å². The van der Waals surface area contributed by atoms with Gasteiger partial charge in [-0.1, -0.05) is 16.8 Å². The fourth-order valence-electron chi connectivity index (χ4n) is 1.34. The molecular formula is C10H8ClIN2O. The van der Waals surface area contributed by atoms with Crippen molar-refractivity contribution < 1.29 is 4.52 Å². The maximum Gasteiger partial charge on any atom is 0.182 e. The van der Waals surface area contributed by atoms with Gasteiger partial charge in [0.25, 0.3) is 0 Å². The van der Waals surface area contributed by atoms with E-state index in [1.807, 2.05) is 25.1 Å². The Balaban J connectivity index is 2.58. The van der Waals surface area contributed by atoms with Crippen LogP contribution in [0.3, 0.4) is 0 Å². The van der Waals surface area contributed by atoms with E-state index in [0.29, 0.717) is 16.6 Å². The van der Waals surface area contributed by atoms with Crippen LogP contribution in [0.2, 0.25) is 5.02 Å². The van der Waals surface area contributed by atoms with E-state index < -0.39 is 0 Å². The molecule has 0 saturated carbocycles. The number of anilines is 1. The van der Waals surface area contributed by atoms with E-state index >= 15 is 0 Å². The average Bonchev–Trinajstić information content (AvgIpc) is 2.46. The molecule has 1 heterocycles. The number of rotatable bonds is 1. The molecule has 78 valence electrons. The van der Waals surface area contributed by atoms with Crippen molar-refractivity contribution in [3.63, 3.8) is 0 Å². The third-order valence-corrected chi connectivity index (χ3v) is 3.22. The van der Waals surface area contributed by atoms with Crippen LogP contribution in [0.4, 0.5) is 5.82 Å². The van der Waals surface area contributed by atoms with Crippen LogP contribution in [-0.2, 0) is 0 Å². The fourth-order valence-corrected chi connectivity index (χ4v) is 2.14. The van der Waals surface area contributed by atoms with Gasteiger partial charge in [-0.05, 0) is 53.3 Å². The van der Waals surface area contributed by atoms with Crippen molar-refractivity contribution in [2.24, 2.45) is 0 Å². The van der Waals surface area contributed by atoms with Gasteiger partial charge in [-0.2, -0.15) is 0 Å². The number of aryl methyl sites for hydroxylation is 1. The summed E-state index contributed by atoms with van der Waals surface area (Å²) in [6.07, 6.45) is 0. The molecule has 0 saturated heterocycles. The molecule has 5 heteroatoms. The molecule has 15 heavy (non-hydrogen) atoms. The molecule has 0 atom stereocenters. The first-order chi connectivity index (χ1) is 7.08. The first kappa shape index (κ1) is 10.8. The Labute approximate surface area is 106 Å². The molecule has 0 spiro atoms. The molecule has 0 amide bonds. The minimum Gasteiger partial charge on any atom is -0.380 e. The molecule has 0 fully saturated rings. The van der Waals surface area contributed by atoms with Gasteiger partial charge in [0.15, 0.2) is 11.6 Å². The molecule has 0 aliphatic heterocycles. The summed E-state index contributed by atoms with van der Waals surface area (Å²) < 4.78 is 5.96. The first-order valence-electron chi connectivity index (χ1n) is 4.26. The lowest BCUT2D eigenvalue weighted by Gasteiger charge is -2.00. The number of hydrogen-bond acceptors (Lipinski definition) is 3. The monoisotopic (exact) mass is 334 g/mol. The summed E-state index contributed by atoms with van der Waals surface area (Å²) in [4.78, 5) is 0. The summed E-state index contributed by atoms with van der Waals surface area (Å²) in [6, 6.07) is 5.70. The summed E-state index contributed by atoms with van der Waals surface area (Å²) in [5.74, 6) is 1.07. The van der Waals surface area contributed by atoms with Gasteiger partial charge in [-0.25, -0.2) is 0 Å². The smallest absolute Gasteiger partial charge is 0.182 e. The molecule has 0 aliphatic rings. The van der Waals surface area contributed by atoms with E-state index in [1.165, 1.54) is 0 Å². The zero-order chi connectivity index (χ0) is 11.0. The molecule has 1 aromatic heterocycles. The second-order valence-electron chi connectivity index (χ2n) is 3.23. The maximum absolute atomic E-state index is 5.96. The molecule has 0 unspecified atom stereocenters. The molecule has 3 nitrogen and oxygen atoms in total. The number of benzene rings is 1. The summed E-state index contributed by atoms with van der Waals surface area (Å²) in [7, 11) is 0. The van der Waals surface area contributed by atoms with Crippen molar-refractivity contribution in [2.45, 2.75) is 6.92 Å². The maximum atomic E-state index is 5.96. The lowest BCUT2D eigenvalue weighted by Crippen LogP contribution is -1.86. The quantitative estimate of drug-likeness (QED) is 0.812. The fraction of sp³-hybridized carbons (Fsp3) is 0.100. The average molecular weight is 335 g/mol. The van der Waals surface area contributed by atoms with E-state index in [-0.39, 0.29) is 0 Å². The number of nitrogen functional groups attached to an aromatic ring is 1. The number of halogens is 2. The summed E-state index contributed by atoms with van der Waals surface area (Å²) >= 11 is 8.07. The lowest BCUT2D eigenvalue weighted by molar-refractivity contribution is 0.435. The van der Waals surface area contributed by atoms with Crippen molar-refractivity contribution in [3.8, 4) is 11.3 Å². The van der Waals surface area contributed by atoms with Crippen LogP contribution in [-0.4, -0.2) is 5.16 Å². The van der Waals surface area contributed by atoms with Crippen molar-refractivity contribution in [2.75, 3.05) is 5.73 Å². The molecule has 2 N–H and O–H groups in total. The minimum atomic E-state index is 0.406. The predicted molar refractivity (Wildman–Crippen MR) is 68.8 cm³/mol. The van der Waals surface area contributed by atoms with Crippen LogP contribution in [0, 0.1) is 10.5 Å². The molecule has 0 bridgehead atoms. The van der Waals surface area contributed by atoms with E-state index in [4.69, 9.17) is 21.9 Å². The highest BCUT2D eigenvalue weighted by Crippen LogP contribution is 2.31. The van der Waals surface area contributed by atoms with E-state index in [0.717, 1.165) is 14.7 Å². The first-order valence-corrected chi connectivity index (χ1v) is 5.72. The van der Waals surface area contributed by atoms with Crippen molar-refractivity contribution in [3.05, 3.63) is 32.4 Å². The summed E-state index contributed by atoms with van der Waals surface area (Å²) in [6.45, 7) is 1.97. The highest BCUT2D eigenvalue weighted by molar-refractivity contribution is 14.1. The van der Waals surface area contributed by atoms with Crippen LogP contribution >= 0.6 is 34.2 Å². The van der Waals surface area contributed by atoms with Crippen molar-refractivity contribution >= 4 is 40.0 Å². The Morgan fingerprint density at radius 1 is 1.40 bits per heavy atom. The lowest BCUT2D eigenvalue weighted by atomic mass is 10.1. The number of nitrogens with two attached hydrogens (primary N) is 1. The van der Waals surface area contributed by atoms with Gasteiger partial charge >= 0.3 is 0 Å². The molecule has 0 aliphatic carbocycles. The Hall–Kier alpha value is -0.750. The van der Waals surface area contributed by atoms with Gasteiger partial charge in [-0.15, -0.1) is 0 Å². The van der Waals surface area contributed by atoms with Gasteiger partial charge < -0.3 is 10.3 Å². The van der Waals surface area contributed by atoms with Crippen molar-refractivity contribution in [1.29, 1.82) is 0 Å². The third-order valence-electron chi connectivity index (χ3n) is 1.96. The Kier molecular flexibility index (Phi) is 2.88. The molecule has 2 rings (SSSR count). The zero-order valence-electron chi connectivity index (χ0n) is 7.92. The third kappa shape index (κ3) is 2.10. The van der Waals surface area contributed by atoms with Crippen LogP contribution in [0.1, 0.15) is 5.56 Å². The number of nitrogens with zero attached hydrogens (tertiary/aromatic N) is 1. The van der Waals surface area contributed by atoms with Gasteiger partial charge in [0, 0.05) is 10.6 Å². The minimum absolute atomic E-state index is 0.406. The summed E-state index contributed by atoms with van der Waals surface area (Å²) in [5, 5.41) is 4.38. The number of hydrogen-bond donors (Lipinski definition) is 1. The van der Waals surface area contributed by atoms with E-state index in [2.05, 4.69) is 27.7 Å². The summed E-state index contributed by atoms with van der Waals surface area (Å²) in [5.41, 5.74) is 7.58. The van der Waals surface area contributed by atoms with Crippen LogP contribution in [0.5, 0.6) is 0 Å². The Morgan fingerprint density at radius 3 is 2.67 bits per heavy atom. The van der Waals surface area contributed by atoms with Crippen LogP contribution in [0.15, 0.2) is 22.7 Å². The largest absolute Gasteiger partial charge is 0.380 e. The molecular weight excluding hydrogens is 326 g/mol. The highest BCUT2D eigenvalue weighted by Gasteiger charge is 2.13. The zero-order valence-corrected chi connectivity index (χ0v) is 10.8. The van der Waals surface area contributed by atoms with Gasteiger partial charge in [0.05, 0.1) is 0 Å². The van der Waals surface area contributed by atoms with Gasteiger partial charge in [0.1, 0.15) is 3.57 Å². The van der Waals surface area contributed by atoms with Crippen LogP contribution in [0.25, 0.3) is 11.3 Å². The Bertz CT molecular complexity index is 490. The van der Waals surface area contributed by atoms with E-state index in [9.17, 15) is 0 Å².